The molecule has 2 atom stereocenters. The first-order valence-electron chi connectivity index (χ1n) is 6.70. The Kier molecular flexibility index (Phi) is 4.52. The fourth-order valence-electron chi connectivity index (χ4n) is 2.48. The highest BCUT2D eigenvalue weighted by molar-refractivity contribution is 5.89. The lowest BCUT2D eigenvalue weighted by Crippen LogP contribution is -2.43. The number of carbonyl (C=O) groups is 1. The zero-order chi connectivity index (χ0) is 14.7. The van der Waals surface area contributed by atoms with Gasteiger partial charge >= 0.3 is 6.03 Å². The summed E-state index contributed by atoms with van der Waals surface area (Å²) < 4.78 is 39.2. The Balaban J connectivity index is 1.99. The molecule has 3 nitrogen and oxygen atoms in total. The third kappa shape index (κ3) is 3.23. The summed E-state index contributed by atoms with van der Waals surface area (Å²) >= 11 is 0. The highest BCUT2D eigenvalue weighted by atomic mass is 19.2. The first-order chi connectivity index (χ1) is 9.49. The van der Waals surface area contributed by atoms with Gasteiger partial charge in [-0.05, 0) is 30.9 Å². The zero-order valence-electron chi connectivity index (χ0n) is 11.2. The van der Waals surface area contributed by atoms with Crippen LogP contribution in [0.2, 0.25) is 0 Å². The minimum atomic E-state index is -1.59. The van der Waals surface area contributed by atoms with Crippen LogP contribution in [0.3, 0.4) is 0 Å². The summed E-state index contributed by atoms with van der Waals surface area (Å²) in [6.07, 6.45) is 4.08. The van der Waals surface area contributed by atoms with Crippen molar-refractivity contribution < 1.29 is 18.0 Å². The van der Waals surface area contributed by atoms with E-state index in [0.717, 1.165) is 37.8 Å². The van der Waals surface area contributed by atoms with Gasteiger partial charge in [0, 0.05) is 6.04 Å². The minimum Gasteiger partial charge on any atom is -0.335 e. The molecular weight excluding hydrogens is 269 g/mol. The van der Waals surface area contributed by atoms with Crippen LogP contribution in [-0.4, -0.2) is 12.1 Å². The summed E-state index contributed by atoms with van der Waals surface area (Å²) in [4.78, 5) is 11.8. The van der Waals surface area contributed by atoms with Gasteiger partial charge in [-0.2, -0.15) is 0 Å². The summed E-state index contributed by atoms with van der Waals surface area (Å²) in [6.45, 7) is 2.04. The molecule has 1 aromatic rings. The van der Waals surface area contributed by atoms with Crippen LogP contribution in [0.25, 0.3) is 0 Å². The van der Waals surface area contributed by atoms with Crippen LogP contribution in [0.1, 0.15) is 32.6 Å². The van der Waals surface area contributed by atoms with E-state index < -0.39 is 23.5 Å². The summed E-state index contributed by atoms with van der Waals surface area (Å²) in [5.41, 5.74) is -0.370. The molecule has 1 saturated carbocycles. The molecule has 0 bridgehead atoms. The molecule has 1 aliphatic rings. The van der Waals surface area contributed by atoms with Crippen LogP contribution in [0.5, 0.6) is 0 Å². The maximum atomic E-state index is 13.4. The van der Waals surface area contributed by atoms with E-state index in [1.165, 1.54) is 0 Å². The molecule has 110 valence electrons. The molecule has 2 amide bonds. The van der Waals surface area contributed by atoms with Crippen LogP contribution in [-0.2, 0) is 0 Å². The molecule has 20 heavy (non-hydrogen) atoms. The Bertz CT molecular complexity index is 507. The highest BCUT2D eigenvalue weighted by Crippen LogP contribution is 2.24. The molecule has 0 saturated heterocycles. The molecule has 6 heteroatoms. The topological polar surface area (TPSA) is 41.1 Å². The lowest BCUT2D eigenvalue weighted by Gasteiger charge is -2.29. The molecule has 0 radical (unpaired) electrons. The standard InChI is InChI=1S/C14H17F3N2O/c1-8-4-2-3-5-10(8)18-14(20)19-11-7-6-9(15)12(16)13(11)17/h6-8,10H,2-5H2,1H3,(H2,18,19,20). The normalized spacial score (nSPS) is 22.4. The highest BCUT2D eigenvalue weighted by Gasteiger charge is 2.23. The largest absolute Gasteiger partial charge is 0.335 e. The van der Waals surface area contributed by atoms with E-state index >= 15 is 0 Å². The molecule has 0 heterocycles. The van der Waals surface area contributed by atoms with E-state index in [-0.39, 0.29) is 11.7 Å². The van der Waals surface area contributed by atoms with Gasteiger partial charge in [-0.3, -0.25) is 0 Å². The van der Waals surface area contributed by atoms with Crippen LogP contribution in [0.15, 0.2) is 12.1 Å². The Hall–Kier alpha value is -1.72. The van der Waals surface area contributed by atoms with Gasteiger partial charge in [0.25, 0.3) is 0 Å². The minimum absolute atomic E-state index is 0.0251. The van der Waals surface area contributed by atoms with E-state index in [2.05, 4.69) is 10.6 Å². The molecule has 1 aliphatic carbocycles. The number of rotatable bonds is 2. The van der Waals surface area contributed by atoms with Crippen molar-refractivity contribution in [3.05, 3.63) is 29.6 Å². The summed E-state index contributed by atoms with van der Waals surface area (Å²) in [5, 5.41) is 4.96. The van der Waals surface area contributed by atoms with Crippen molar-refractivity contribution >= 4 is 11.7 Å². The predicted molar refractivity (Wildman–Crippen MR) is 69.9 cm³/mol. The number of carbonyl (C=O) groups excluding carboxylic acids is 1. The number of nitrogens with one attached hydrogen (secondary N) is 2. The number of hydrogen-bond acceptors (Lipinski definition) is 1. The van der Waals surface area contributed by atoms with Crippen molar-refractivity contribution in [2.24, 2.45) is 5.92 Å². The lowest BCUT2D eigenvalue weighted by molar-refractivity contribution is 0.232. The zero-order valence-corrected chi connectivity index (χ0v) is 11.2. The molecule has 1 fully saturated rings. The molecule has 1 aromatic carbocycles. The van der Waals surface area contributed by atoms with Crippen LogP contribution >= 0.6 is 0 Å². The fraction of sp³-hybridized carbons (Fsp3) is 0.500. The molecule has 0 spiro atoms. The second kappa shape index (κ2) is 6.15. The maximum absolute atomic E-state index is 13.4. The maximum Gasteiger partial charge on any atom is 0.319 e. The Labute approximate surface area is 115 Å². The number of hydrogen-bond donors (Lipinski definition) is 2. The monoisotopic (exact) mass is 286 g/mol. The van der Waals surface area contributed by atoms with Crippen LogP contribution < -0.4 is 10.6 Å². The number of urea groups is 1. The van der Waals surface area contributed by atoms with Gasteiger partial charge in [0.05, 0.1) is 5.69 Å². The van der Waals surface area contributed by atoms with Crippen molar-refractivity contribution in [3.63, 3.8) is 0 Å². The Morgan fingerprint density at radius 2 is 1.85 bits per heavy atom. The van der Waals surface area contributed by atoms with Crippen molar-refractivity contribution in [1.29, 1.82) is 0 Å². The number of amides is 2. The number of anilines is 1. The van der Waals surface area contributed by atoms with Gasteiger partial charge in [0.2, 0.25) is 0 Å². The summed E-state index contributed by atoms with van der Waals surface area (Å²) in [6, 6.07) is 1.19. The van der Waals surface area contributed by atoms with Crippen molar-refractivity contribution in [3.8, 4) is 0 Å². The van der Waals surface area contributed by atoms with Gasteiger partial charge < -0.3 is 10.6 Å². The van der Waals surface area contributed by atoms with Gasteiger partial charge in [0.1, 0.15) is 0 Å². The fourth-order valence-corrected chi connectivity index (χ4v) is 2.48. The third-order valence-corrected chi connectivity index (χ3v) is 3.71. The quantitative estimate of drug-likeness (QED) is 0.798. The lowest BCUT2D eigenvalue weighted by atomic mass is 9.86. The van der Waals surface area contributed by atoms with Crippen LogP contribution in [0.4, 0.5) is 23.7 Å². The van der Waals surface area contributed by atoms with Crippen molar-refractivity contribution in [1.82, 2.24) is 5.32 Å². The average molecular weight is 286 g/mol. The molecule has 0 aromatic heterocycles. The molecule has 2 unspecified atom stereocenters. The van der Waals surface area contributed by atoms with E-state index in [1.54, 1.807) is 0 Å². The summed E-state index contributed by atoms with van der Waals surface area (Å²) in [7, 11) is 0. The number of halogens is 3. The second-order valence-electron chi connectivity index (χ2n) is 5.19. The van der Waals surface area contributed by atoms with Crippen LogP contribution in [0, 0.1) is 23.4 Å². The van der Waals surface area contributed by atoms with E-state index in [1.807, 2.05) is 6.92 Å². The van der Waals surface area contributed by atoms with Gasteiger partial charge in [0.15, 0.2) is 17.5 Å². The third-order valence-electron chi connectivity index (χ3n) is 3.71. The first kappa shape index (κ1) is 14.7. The van der Waals surface area contributed by atoms with Crippen molar-refractivity contribution in [2.45, 2.75) is 38.6 Å². The Morgan fingerprint density at radius 1 is 1.15 bits per heavy atom. The Morgan fingerprint density at radius 3 is 2.55 bits per heavy atom. The SMILES string of the molecule is CC1CCCCC1NC(=O)Nc1ccc(F)c(F)c1F. The first-order valence-corrected chi connectivity index (χ1v) is 6.70. The summed E-state index contributed by atoms with van der Waals surface area (Å²) in [5.74, 6) is -3.91. The predicted octanol–water partition coefficient (Wildman–Crippen LogP) is 3.80. The molecule has 2 N–H and O–H groups in total. The van der Waals surface area contributed by atoms with E-state index in [0.29, 0.717) is 5.92 Å². The number of benzene rings is 1. The van der Waals surface area contributed by atoms with Gasteiger partial charge in [-0.15, -0.1) is 0 Å². The van der Waals surface area contributed by atoms with E-state index in [9.17, 15) is 18.0 Å². The smallest absolute Gasteiger partial charge is 0.319 e. The molecule has 0 aliphatic heterocycles. The van der Waals surface area contributed by atoms with Gasteiger partial charge in [-0.1, -0.05) is 19.8 Å². The van der Waals surface area contributed by atoms with Gasteiger partial charge in [-0.25, -0.2) is 18.0 Å². The average Bonchev–Trinajstić information content (AvgIpc) is 2.42. The van der Waals surface area contributed by atoms with Crippen molar-refractivity contribution in [2.75, 3.05) is 5.32 Å². The van der Waals surface area contributed by atoms with E-state index in [4.69, 9.17) is 0 Å². The molecule has 2 rings (SSSR count). The molecular formula is C14H17F3N2O. The second-order valence-corrected chi connectivity index (χ2v) is 5.19.